The summed E-state index contributed by atoms with van der Waals surface area (Å²) in [6.07, 6.45) is 1.25. The van der Waals surface area contributed by atoms with Gasteiger partial charge in [-0.2, -0.15) is 0 Å². The molecule has 13 heavy (non-hydrogen) atoms. The Bertz CT molecular complexity index is 246. The average molecular weight is 192 g/mol. The molecule has 0 spiro atoms. The molecule has 0 aliphatic rings. The van der Waals surface area contributed by atoms with E-state index in [0.29, 0.717) is 0 Å². The van der Waals surface area contributed by atoms with E-state index in [4.69, 9.17) is 0 Å². The third kappa shape index (κ3) is 3.35. The van der Waals surface area contributed by atoms with Gasteiger partial charge >= 0.3 is 0 Å². The summed E-state index contributed by atoms with van der Waals surface area (Å²) in [7, 11) is -0.943. The van der Waals surface area contributed by atoms with Crippen LogP contribution < -0.4 is 0 Å². The summed E-state index contributed by atoms with van der Waals surface area (Å²) in [6, 6.07) is 10.8. The summed E-state index contributed by atoms with van der Waals surface area (Å²) in [5.41, 5.74) is 2.35. The highest BCUT2D eigenvalue weighted by molar-refractivity contribution is 6.77. The Morgan fingerprint density at radius 3 is 2.08 bits per heavy atom. The molecule has 0 aliphatic carbocycles. The number of hydrogen-bond acceptors (Lipinski definition) is 0. The highest BCUT2D eigenvalue weighted by Crippen LogP contribution is 2.24. The minimum atomic E-state index is -0.943. The van der Waals surface area contributed by atoms with Gasteiger partial charge in [0.05, 0.1) is 0 Å². The summed E-state index contributed by atoms with van der Waals surface area (Å²) in [4.78, 5) is 0. The molecule has 0 heterocycles. The van der Waals surface area contributed by atoms with Crippen LogP contribution >= 0.6 is 0 Å². The predicted octanol–water partition coefficient (Wildman–Crippen LogP) is 3.96. The number of hydrogen-bond donors (Lipinski definition) is 0. The van der Waals surface area contributed by atoms with Crippen LogP contribution in [0.2, 0.25) is 25.2 Å². The second-order valence-corrected chi connectivity index (χ2v) is 10.7. The van der Waals surface area contributed by atoms with Crippen LogP contribution in [-0.4, -0.2) is 8.07 Å². The first kappa shape index (κ1) is 10.5. The van der Waals surface area contributed by atoms with Crippen molar-refractivity contribution in [2.75, 3.05) is 0 Å². The van der Waals surface area contributed by atoms with Gasteiger partial charge in [0.2, 0.25) is 0 Å². The monoisotopic (exact) mass is 192 g/mol. The molecule has 0 amide bonds. The molecule has 0 bridgehead atoms. The van der Waals surface area contributed by atoms with Crippen LogP contribution in [0.25, 0.3) is 0 Å². The van der Waals surface area contributed by atoms with E-state index in [9.17, 15) is 0 Å². The lowest BCUT2D eigenvalue weighted by molar-refractivity contribution is 0.875. The molecule has 0 aliphatic heterocycles. The van der Waals surface area contributed by atoms with Crippen LogP contribution in [0.3, 0.4) is 0 Å². The van der Waals surface area contributed by atoms with Gasteiger partial charge in [-0.15, -0.1) is 0 Å². The maximum absolute atomic E-state index is 2.45. The van der Waals surface area contributed by atoms with E-state index in [2.05, 4.69) is 56.9 Å². The van der Waals surface area contributed by atoms with Gasteiger partial charge in [0.15, 0.2) is 0 Å². The fraction of sp³-hybridized carbons (Fsp3) is 0.500. The zero-order chi connectivity index (χ0) is 9.90. The van der Waals surface area contributed by atoms with Gasteiger partial charge in [0.1, 0.15) is 0 Å². The maximum Gasteiger partial charge on any atom is 0.0474 e. The fourth-order valence-electron chi connectivity index (χ4n) is 1.27. The van der Waals surface area contributed by atoms with Gasteiger partial charge in [-0.05, 0) is 17.5 Å². The molecule has 0 nitrogen and oxygen atoms in total. The lowest BCUT2D eigenvalue weighted by Crippen LogP contribution is -2.27. The molecule has 0 N–H and O–H groups in total. The van der Waals surface area contributed by atoms with E-state index in [0.717, 1.165) is 5.54 Å². The SMILES string of the molecule is CC(Cc1ccccc1)[Si](C)(C)C. The molecular weight excluding hydrogens is 172 g/mol. The smallest absolute Gasteiger partial charge is 0.0474 e. The van der Waals surface area contributed by atoms with Crippen molar-refractivity contribution >= 4 is 8.07 Å². The van der Waals surface area contributed by atoms with Gasteiger partial charge < -0.3 is 0 Å². The molecule has 0 aromatic heterocycles. The topological polar surface area (TPSA) is 0 Å². The molecule has 0 radical (unpaired) electrons. The quantitative estimate of drug-likeness (QED) is 0.636. The van der Waals surface area contributed by atoms with Crippen LogP contribution in [-0.2, 0) is 6.42 Å². The van der Waals surface area contributed by atoms with Crippen molar-refractivity contribution in [3.05, 3.63) is 35.9 Å². The van der Waals surface area contributed by atoms with Crippen molar-refractivity contribution < 1.29 is 0 Å². The normalized spacial score (nSPS) is 14.2. The van der Waals surface area contributed by atoms with E-state index < -0.39 is 8.07 Å². The summed E-state index contributed by atoms with van der Waals surface area (Å²) in [6.45, 7) is 9.72. The lowest BCUT2D eigenvalue weighted by Gasteiger charge is -2.25. The molecule has 0 fully saturated rings. The molecule has 1 unspecified atom stereocenters. The molecule has 1 rings (SSSR count). The van der Waals surface area contributed by atoms with Crippen molar-refractivity contribution in [1.29, 1.82) is 0 Å². The van der Waals surface area contributed by atoms with Crippen LogP contribution in [0.5, 0.6) is 0 Å². The highest BCUT2D eigenvalue weighted by Gasteiger charge is 2.21. The minimum absolute atomic E-state index is 0.870. The van der Waals surface area contributed by atoms with Gasteiger partial charge in [0, 0.05) is 8.07 Å². The molecule has 1 aromatic carbocycles. The number of rotatable bonds is 3. The molecule has 72 valence electrons. The molecule has 0 saturated heterocycles. The van der Waals surface area contributed by atoms with E-state index in [1.165, 1.54) is 12.0 Å². The van der Waals surface area contributed by atoms with Crippen molar-refractivity contribution in [3.8, 4) is 0 Å². The summed E-state index contributed by atoms with van der Waals surface area (Å²) < 4.78 is 0. The third-order valence-electron chi connectivity index (χ3n) is 2.86. The van der Waals surface area contributed by atoms with Crippen LogP contribution in [0.1, 0.15) is 12.5 Å². The summed E-state index contributed by atoms with van der Waals surface area (Å²) in [5, 5.41) is 0. The van der Waals surface area contributed by atoms with Gasteiger partial charge in [-0.1, -0.05) is 56.9 Å². The summed E-state index contributed by atoms with van der Waals surface area (Å²) in [5.74, 6) is 0. The van der Waals surface area contributed by atoms with Gasteiger partial charge in [-0.25, -0.2) is 0 Å². The van der Waals surface area contributed by atoms with E-state index in [1.807, 2.05) is 0 Å². The molecule has 1 aromatic rings. The summed E-state index contributed by atoms with van der Waals surface area (Å²) >= 11 is 0. The largest absolute Gasteiger partial charge is 0.0693 e. The average Bonchev–Trinajstić information content (AvgIpc) is 2.04. The Labute approximate surface area is 83.0 Å². The number of benzene rings is 1. The lowest BCUT2D eigenvalue weighted by atomic mass is 10.1. The predicted molar refractivity (Wildman–Crippen MR) is 62.9 cm³/mol. The Balaban J connectivity index is 2.61. The molecule has 1 atom stereocenters. The first-order valence-corrected chi connectivity index (χ1v) is 8.62. The van der Waals surface area contributed by atoms with Gasteiger partial charge in [0.25, 0.3) is 0 Å². The Morgan fingerprint density at radius 2 is 1.62 bits per heavy atom. The van der Waals surface area contributed by atoms with Crippen LogP contribution in [0.15, 0.2) is 30.3 Å². The second-order valence-electron chi connectivity index (χ2n) is 4.96. The zero-order valence-electron chi connectivity index (χ0n) is 9.17. The van der Waals surface area contributed by atoms with Crippen molar-refractivity contribution in [3.63, 3.8) is 0 Å². The van der Waals surface area contributed by atoms with Crippen molar-refractivity contribution in [2.24, 2.45) is 0 Å². The maximum atomic E-state index is 2.45. The van der Waals surface area contributed by atoms with E-state index >= 15 is 0 Å². The molecular formula is C12H20Si. The van der Waals surface area contributed by atoms with Gasteiger partial charge in [-0.3, -0.25) is 0 Å². The highest BCUT2D eigenvalue weighted by atomic mass is 28.3. The van der Waals surface area contributed by atoms with E-state index in [-0.39, 0.29) is 0 Å². The van der Waals surface area contributed by atoms with Crippen molar-refractivity contribution in [1.82, 2.24) is 0 Å². The Kier molecular flexibility index (Phi) is 3.31. The Hall–Kier alpha value is -0.563. The van der Waals surface area contributed by atoms with Crippen LogP contribution in [0, 0.1) is 0 Å². The standard InChI is InChI=1S/C12H20Si/c1-11(13(2,3)4)10-12-8-6-5-7-9-12/h5-9,11H,10H2,1-4H3. The first-order chi connectivity index (χ1) is 6.00. The fourth-order valence-corrected chi connectivity index (χ4v) is 2.12. The van der Waals surface area contributed by atoms with Crippen molar-refractivity contribution in [2.45, 2.75) is 38.5 Å². The molecule has 1 heteroatoms. The van der Waals surface area contributed by atoms with E-state index in [1.54, 1.807) is 0 Å². The minimum Gasteiger partial charge on any atom is -0.0693 e. The zero-order valence-corrected chi connectivity index (χ0v) is 10.2. The molecule has 0 saturated carbocycles. The third-order valence-corrected chi connectivity index (χ3v) is 6.02. The van der Waals surface area contributed by atoms with Crippen LogP contribution in [0.4, 0.5) is 0 Å². The second kappa shape index (κ2) is 4.10. The first-order valence-electron chi connectivity index (χ1n) is 5.04. The Morgan fingerprint density at radius 1 is 1.08 bits per heavy atom.